The number of aromatic amines is 2. The fourth-order valence-corrected chi connectivity index (χ4v) is 1.57. The van der Waals surface area contributed by atoms with E-state index in [1.54, 1.807) is 18.2 Å². The van der Waals surface area contributed by atoms with E-state index >= 15 is 0 Å². The Hall–Kier alpha value is -2.08. The number of anilines is 1. The van der Waals surface area contributed by atoms with Gasteiger partial charge in [0.1, 0.15) is 0 Å². The summed E-state index contributed by atoms with van der Waals surface area (Å²) in [4.78, 5) is 23.0. The van der Waals surface area contributed by atoms with Crippen LogP contribution >= 0.6 is 0 Å². The summed E-state index contributed by atoms with van der Waals surface area (Å²) in [6, 6.07) is 4.94. The second-order valence-corrected chi connectivity index (χ2v) is 3.29. The first-order valence-electron chi connectivity index (χ1n) is 4.82. The fourth-order valence-electron chi connectivity index (χ4n) is 1.57. The van der Waals surface area contributed by atoms with Gasteiger partial charge in [0.05, 0.1) is 17.4 Å². The van der Waals surface area contributed by atoms with Crippen molar-refractivity contribution in [1.82, 2.24) is 10.2 Å². The van der Waals surface area contributed by atoms with Crippen molar-refractivity contribution in [3.05, 3.63) is 38.9 Å². The van der Waals surface area contributed by atoms with Crippen LogP contribution in [-0.4, -0.2) is 28.5 Å². The SMILES string of the molecule is O=c1[nH][nH]c(=O)c2c(NCCO)cccc12. The topological polar surface area (TPSA) is 98.0 Å². The molecule has 0 saturated carbocycles. The highest BCUT2D eigenvalue weighted by molar-refractivity contribution is 5.92. The maximum absolute atomic E-state index is 11.6. The van der Waals surface area contributed by atoms with E-state index in [-0.39, 0.29) is 17.7 Å². The van der Waals surface area contributed by atoms with E-state index in [0.29, 0.717) is 23.0 Å². The van der Waals surface area contributed by atoms with Crippen molar-refractivity contribution in [1.29, 1.82) is 0 Å². The van der Waals surface area contributed by atoms with Gasteiger partial charge in [-0.25, -0.2) is 0 Å². The van der Waals surface area contributed by atoms with Crippen LogP contribution in [0.2, 0.25) is 0 Å². The zero-order valence-corrected chi connectivity index (χ0v) is 8.41. The number of rotatable bonds is 3. The molecule has 0 unspecified atom stereocenters. The predicted octanol–water partition coefficient (Wildman–Crippen LogP) is -0.379. The van der Waals surface area contributed by atoms with E-state index in [1.807, 2.05) is 0 Å². The van der Waals surface area contributed by atoms with Crippen molar-refractivity contribution in [3.8, 4) is 0 Å². The van der Waals surface area contributed by atoms with Crippen LogP contribution in [0.5, 0.6) is 0 Å². The fraction of sp³-hybridized carbons (Fsp3) is 0.200. The molecular formula is C10H11N3O3. The average Bonchev–Trinajstić information content (AvgIpc) is 2.31. The van der Waals surface area contributed by atoms with Crippen molar-refractivity contribution in [2.24, 2.45) is 0 Å². The lowest BCUT2D eigenvalue weighted by atomic mass is 10.1. The maximum atomic E-state index is 11.6. The van der Waals surface area contributed by atoms with Crippen LogP contribution in [0.3, 0.4) is 0 Å². The highest BCUT2D eigenvalue weighted by Gasteiger charge is 2.06. The Morgan fingerprint density at radius 3 is 2.69 bits per heavy atom. The number of fused-ring (bicyclic) bond motifs is 1. The Bertz CT molecular complexity index is 614. The molecule has 0 aliphatic heterocycles. The third-order valence-corrected chi connectivity index (χ3v) is 2.25. The average molecular weight is 221 g/mol. The van der Waals surface area contributed by atoms with Crippen LogP contribution in [0.4, 0.5) is 5.69 Å². The van der Waals surface area contributed by atoms with Crippen LogP contribution in [0.15, 0.2) is 27.8 Å². The molecule has 0 radical (unpaired) electrons. The van der Waals surface area contributed by atoms with E-state index in [1.165, 1.54) is 0 Å². The smallest absolute Gasteiger partial charge is 0.272 e. The molecule has 0 bridgehead atoms. The molecule has 16 heavy (non-hydrogen) atoms. The molecule has 6 nitrogen and oxygen atoms in total. The predicted molar refractivity (Wildman–Crippen MR) is 60.8 cm³/mol. The Morgan fingerprint density at radius 2 is 1.94 bits per heavy atom. The van der Waals surface area contributed by atoms with Crippen LogP contribution in [-0.2, 0) is 0 Å². The Labute approximate surface area is 89.9 Å². The Kier molecular flexibility index (Phi) is 2.74. The normalized spacial score (nSPS) is 10.6. The Morgan fingerprint density at radius 1 is 1.19 bits per heavy atom. The minimum absolute atomic E-state index is 0.0442. The van der Waals surface area contributed by atoms with Crippen molar-refractivity contribution < 1.29 is 5.11 Å². The maximum Gasteiger partial charge on any atom is 0.272 e. The lowest BCUT2D eigenvalue weighted by molar-refractivity contribution is 0.311. The number of nitrogens with one attached hydrogen (secondary N) is 3. The summed E-state index contributed by atoms with van der Waals surface area (Å²) >= 11 is 0. The first kappa shape index (κ1) is 10.4. The largest absolute Gasteiger partial charge is 0.395 e. The molecule has 0 spiro atoms. The van der Waals surface area contributed by atoms with Crippen LogP contribution in [0.25, 0.3) is 10.8 Å². The van der Waals surface area contributed by atoms with Crippen LogP contribution < -0.4 is 16.4 Å². The zero-order chi connectivity index (χ0) is 11.5. The third kappa shape index (κ3) is 1.70. The number of aliphatic hydroxyl groups is 1. The summed E-state index contributed by atoms with van der Waals surface area (Å²) in [5.41, 5.74) is -0.170. The molecule has 84 valence electrons. The van der Waals surface area contributed by atoms with Crippen molar-refractivity contribution in [2.45, 2.75) is 0 Å². The minimum Gasteiger partial charge on any atom is -0.395 e. The van der Waals surface area contributed by atoms with Gasteiger partial charge in [-0.1, -0.05) is 6.07 Å². The van der Waals surface area contributed by atoms with E-state index in [4.69, 9.17) is 5.11 Å². The first-order chi connectivity index (χ1) is 7.74. The molecule has 0 fully saturated rings. The van der Waals surface area contributed by atoms with Gasteiger partial charge in [-0.2, -0.15) is 0 Å². The quantitative estimate of drug-likeness (QED) is 0.568. The molecule has 6 heteroatoms. The van der Waals surface area contributed by atoms with Crippen molar-refractivity contribution in [2.75, 3.05) is 18.5 Å². The van der Waals surface area contributed by atoms with Crippen molar-refractivity contribution in [3.63, 3.8) is 0 Å². The number of aromatic nitrogens is 2. The standard InChI is InChI=1S/C10H11N3O3/c14-5-4-11-7-3-1-2-6-8(7)10(16)13-12-9(6)15/h1-3,11,14H,4-5H2,(H,12,15)(H,13,16). The van der Waals surface area contributed by atoms with Gasteiger partial charge in [0.2, 0.25) is 0 Å². The van der Waals surface area contributed by atoms with Crippen LogP contribution in [0, 0.1) is 0 Å². The molecule has 1 heterocycles. The van der Waals surface area contributed by atoms with Gasteiger partial charge < -0.3 is 10.4 Å². The van der Waals surface area contributed by atoms with Gasteiger partial charge in [-0.05, 0) is 12.1 Å². The van der Waals surface area contributed by atoms with Gasteiger partial charge in [0, 0.05) is 12.2 Å². The highest BCUT2D eigenvalue weighted by atomic mass is 16.3. The lowest BCUT2D eigenvalue weighted by Crippen LogP contribution is -2.20. The third-order valence-electron chi connectivity index (χ3n) is 2.25. The van der Waals surface area contributed by atoms with Gasteiger partial charge in [-0.3, -0.25) is 19.8 Å². The first-order valence-corrected chi connectivity index (χ1v) is 4.82. The zero-order valence-electron chi connectivity index (χ0n) is 8.41. The molecular weight excluding hydrogens is 210 g/mol. The van der Waals surface area contributed by atoms with Gasteiger partial charge in [-0.15, -0.1) is 0 Å². The highest BCUT2D eigenvalue weighted by Crippen LogP contribution is 2.15. The number of aliphatic hydroxyl groups excluding tert-OH is 1. The minimum atomic E-state index is -0.365. The second-order valence-electron chi connectivity index (χ2n) is 3.29. The number of benzene rings is 1. The molecule has 2 rings (SSSR count). The molecule has 1 aromatic carbocycles. The molecule has 2 aromatic rings. The number of hydrogen-bond donors (Lipinski definition) is 4. The lowest BCUT2D eigenvalue weighted by Gasteiger charge is -2.06. The van der Waals surface area contributed by atoms with Gasteiger partial charge in [0.15, 0.2) is 0 Å². The van der Waals surface area contributed by atoms with Gasteiger partial charge in [0.25, 0.3) is 11.1 Å². The van der Waals surface area contributed by atoms with Crippen LogP contribution in [0.1, 0.15) is 0 Å². The van der Waals surface area contributed by atoms with E-state index in [2.05, 4.69) is 15.5 Å². The molecule has 4 N–H and O–H groups in total. The van der Waals surface area contributed by atoms with E-state index in [0.717, 1.165) is 0 Å². The Balaban J connectivity index is 2.71. The van der Waals surface area contributed by atoms with E-state index < -0.39 is 0 Å². The van der Waals surface area contributed by atoms with E-state index in [9.17, 15) is 9.59 Å². The summed E-state index contributed by atoms with van der Waals surface area (Å²) in [7, 11) is 0. The monoisotopic (exact) mass is 221 g/mol. The summed E-state index contributed by atoms with van der Waals surface area (Å²) in [5, 5.41) is 16.7. The molecule has 0 atom stereocenters. The summed E-state index contributed by atoms with van der Waals surface area (Å²) < 4.78 is 0. The summed E-state index contributed by atoms with van der Waals surface area (Å²) in [6.07, 6.45) is 0. The number of hydrogen-bond acceptors (Lipinski definition) is 4. The summed E-state index contributed by atoms with van der Waals surface area (Å²) in [6.45, 7) is 0.281. The molecule has 1 aromatic heterocycles. The van der Waals surface area contributed by atoms with Crippen molar-refractivity contribution >= 4 is 16.5 Å². The van der Waals surface area contributed by atoms with Gasteiger partial charge >= 0.3 is 0 Å². The molecule has 0 amide bonds. The molecule has 0 saturated heterocycles. The summed E-state index contributed by atoms with van der Waals surface area (Å²) in [5.74, 6) is 0. The second kappa shape index (κ2) is 4.19. The number of H-pyrrole nitrogens is 2. The molecule has 0 aliphatic carbocycles. The molecule has 0 aliphatic rings.